The molecule has 1 atom stereocenters. The monoisotopic (exact) mass is 250 g/mol. The summed E-state index contributed by atoms with van der Waals surface area (Å²) in [7, 11) is 0. The number of hydrogen-bond donors (Lipinski definition) is 2. The first-order chi connectivity index (χ1) is 8.31. The Balaban J connectivity index is 1.76. The molecule has 90 valence electrons. The van der Waals surface area contributed by atoms with Crippen LogP contribution in [0.1, 0.15) is 6.42 Å². The van der Waals surface area contributed by atoms with E-state index in [0.29, 0.717) is 6.04 Å². The lowest BCUT2D eigenvalue weighted by molar-refractivity contribution is -0.118. The minimum Gasteiger partial charge on any atom is -0.482 e. The highest BCUT2D eigenvalue weighted by atomic mass is 32.2. The first-order valence-electron chi connectivity index (χ1n) is 5.72. The predicted molar refractivity (Wildman–Crippen MR) is 69.9 cm³/mol. The second kappa shape index (κ2) is 4.49. The molecule has 2 N–H and O–H groups in total. The van der Waals surface area contributed by atoms with Gasteiger partial charge in [-0.1, -0.05) is 0 Å². The number of nitrogens with one attached hydrogen (secondary N) is 2. The SMILES string of the molecule is O=C1COc2cc(NC3CCSC3)ccc2N1. The summed E-state index contributed by atoms with van der Waals surface area (Å²) in [6, 6.07) is 6.38. The van der Waals surface area contributed by atoms with E-state index in [2.05, 4.69) is 10.6 Å². The van der Waals surface area contributed by atoms with Gasteiger partial charge in [0.2, 0.25) is 0 Å². The van der Waals surface area contributed by atoms with Gasteiger partial charge >= 0.3 is 0 Å². The van der Waals surface area contributed by atoms with Crippen LogP contribution in [-0.4, -0.2) is 30.1 Å². The van der Waals surface area contributed by atoms with Crippen molar-refractivity contribution < 1.29 is 9.53 Å². The van der Waals surface area contributed by atoms with Crippen molar-refractivity contribution >= 4 is 29.0 Å². The zero-order valence-corrected chi connectivity index (χ0v) is 10.2. The molecule has 4 nitrogen and oxygen atoms in total. The first-order valence-corrected chi connectivity index (χ1v) is 6.88. The standard InChI is InChI=1S/C12H14N2O2S/c15-12-6-16-11-5-8(1-2-10(11)14-12)13-9-3-4-17-7-9/h1-2,5,9,13H,3-4,6-7H2,(H,14,15). The van der Waals surface area contributed by atoms with Crippen LogP contribution in [0.5, 0.6) is 5.75 Å². The molecule has 2 aliphatic rings. The van der Waals surface area contributed by atoms with Gasteiger partial charge in [0, 0.05) is 23.5 Å². The van der Waals surface area contributed by atoms with Crippen molar-refractivity contribution in [2.45, 2.75) is 12.5 Å². The number of amides is 1. The predicted octanol–water partition coefficient (Wildman–Crippen LogP) is 1.93. The Morgan fingerprint density at radius 3 is 3.24 bits per heavy atom. The van der Waals surface area contributed by atoms with Gasteiger partial charge in [-0.2, -0.15) is 11.8 Å². The van der Waals surface area contributed by atoms with Gasteiger partial charge in [-0.15, -0.1) is 0 Å². The number of benzene rings is 1. The molecule has 1 saturated heterocycles. The molecule has 1 amide bonds. The van der Waals surface area contributed by atoms with E-state index in [1.165, 1.54) is 12.2 Å². The van der Waals surface area contributed by atoms with Crippen molar-refractivity contribution in [1.82, 2.24) is 0 Å². The lowest BCUT2D eigenvalue weighted by Gasteiger charge is -2.20. The summed E-state index contributed by atoms with van der Waals surface area (Å²) >= 11 is 1.98. The Morgan fingerprint density at radius 1 is 1.47 bits per heavy atom. The molecule has 1 fully saturated rings. The topological polar surface area (TPSA) is 50.4 Å². The highest BCUT2D eigenvalue weighted by molar-refractivity contribution is 7.99. The van der Waals surface area contributed by atoms with Crippen LogP contribution in [0.2, 0.25) is 0 Å². The van der Waals surface area contributed by atoms with E-state index in [-0.39, 0.29) is 12.5 Å². The summed E-state index contributed by atoms with van der Waals surface area (Å²) in [4.78, 5) is 11.1. The number of thioether (sulfide) groups is 1. The summed E-state index contributed by atoms with van der Waals surface area (Å²) in [5.41, 5.74) is 1.82. The molecule has 0 aromatic heterocycles. The summed E-state index contributed by atoms with van der Waals surface area (Å²) < 4.78 is 5.38. The molecule has 2 heterocycles. The Hall–Kier alpha value is -1.36. The van der Waals surface area contributed by atoms with Gasteiger partial charge in [0.1, 0.15) is 5.75 Å². The summed E-state index contributed by atoms with van der Waals surface area (Å²) in [5, 5.41) is 6.27. The molecular formula is C12H14N2O2S. The molecule has 0 spiro atoms. The molecule has 0 radical (unpaired) electrons. The van der Waals surface area contributed by atoms with Crippen molar-refractivity contribution in [1.29, 1.82) is 0 Å². The average molecular weight is 250 g/mol. The third-order valence-electron chi connectivity index (χ3n) is 2.91. The Kier molecular flexibility index (Phi) is 2.84. The molecule has 0 aliphatic carbocycles. The molecule has 2 aliphatic heterocycles. The fraction of sp³-hybridized carbons (Fsp3) is 0.417. The minimum absolute atomic E-state index is 0.0922. The van der Waals surface area contributed by atoms with E-state index >= 15 is 0 Å². The number of fused-ring (bicyclic) bond motifs is 1. The number of carbonyl (C=O) groups is 1. The van der Waals surface area contributed by atoms with Crippen molar-refractivity contribution in [3.63, 3.8) is 0 Å². The number of hydrogen-bond acceptors (Lipinski definition) is 4. The number of rotatable bonds is 2. The van der Waals surface area contributed by atoms with E-state index < -0.39 is 0 Å². The van der Waals surface area contributed by atoms with E-state index in [0.717, 1.165) is 22.9 Å². The van der Waals surface area contributed by atoms with E-state index in [1.807, 2.05) is 30.0 Å². The zero-order valence-electron chi connectivity index (χ0n) is 9.36. The van der Waals surface area contributed by atoms with Gasteiger partial charge in [-0.3, -0.25) is 4.79 Å². The Bertz CT molecular complexity index is 444. The maximum absolute atomic E-state index is 11.1. The highest BCUT2D eigenvalue weighted by Crippen LogP contribution is 2.31. The first kappa shape index (κ1) is 10.8. The lowest BCUT2D eigenvalue weighted by atomic mass is 10.2. The quantitative estimate of drug-likeness (QED) is 0.842. The summed E-state index contributed by atoms with van der Waals surface area (Å²) in [6.07, 6.45) is 1.21. The normalized spacial score (nSPS) is 22.6. The zero-order chi connectivity index (χ0) is 11.7. The van der Waals surface area contributed by atoms with Gasteiger partial charge in [0.05, 0.1) is 5.69 Å². The van der Waals surface area contributed by atoms with Crippen molar-refractivity contribution in [2.75, 3.05) is 28.7 Å². The maximum Gasteiger partial charge on any atom is 0.262 e. The molecule has 3 rings (SSSR count). The van der Waals surface area contributed by atoms with Crippen molar-refractivity contribution in [2.24, 2.45) is 0 Å². The number of anilines is 2. The van der Waals surface area contributed by atoms with Crippen LogP contribution in [0.15, 0.2) is 18.2 Å². The molecule has 5 heteroatoms. The van der Waals surface area contributed by atoms with E-state index in [4.69, 9.17) is 4.74 Å². The van der Waals surface area contributed by atoms with Crippen molar-refractivity contribution in [3.05, 3.63) is 18.2 Å². The molecule has 1 unspecified atom stereocenters. The van der Waals surface area contributed by atoms with E-state index in [9.17, 15) is 4.79 Å². The summed E-state index contributed by atoms with van der Waals surface area (Å²) in [5.74, 6) is 3.05. The second-order valence-electron chi connectivity index (χ2n) is 4.25. The maximum atomic E-state index is 11.1. The molecule has 1 aromatic carbocycles. The van der Waals surface area contributed by atoms with Crippen LogP contribution >= 0.6 is 11.8 Å². The Labute approximate surface area is 104 Å². The Morgan fingerprint density at radius 2 is 2.41 bits per heavy atom. The second-order valence-corrected chi connectivity index (χ2v) is 5.40. The van der Waals surface area contributed by atoms with Gasteiger partial charge in [-0.05, 0) is 24.3 Å². The van der Waals surface area contributed by atoms with E-state index in [1.54, 1.807) is 0 Å². The van der Waals surface area contributed by atoms with Crippen LogP contribution in [0, 0.1) is 0 Å². The molecule has 0 saturated carbocycles. The molecule has 1 aromatic rings. The fourth-order valence-electron chi connectivity index (χ4n) is 2.05. The minimum atomic E-state index is -0.0922. The molecular weight excluding hydrogens is 236 g/mol. The molecule has 17 heavy (non-hydrogen) atoms. The molecule has 0 bridgehead atoms. The van der Waals surface area contributed by atoms with Crippen molar-refractivity contribution in [3.8, 4) is 5.75 Å². The average Bonchev–Trinajstić information content (AvgIpc) is 2.82. The largest absolute Gasteiger partial charge is 0.482 e. The van der Waals surface area contributed by atoms with Crippen LogP contribution in [0.4, 0.5) is 11.4 Å². The lowest BCUT2D eigenvalue weighted by Crippen LogP contribution is -2.25. The van der Waals surface area contributed by atoms with Gasteiger partial charge in [-0.25, -0.2) is 0 Å². The van der Waals surface area contributed by atoms with Crippen LogP contribution in [0.25, 0.3) is 0 Å². The smallest absolute Gasteiger partial charge is 0.262 e. The van der Waals surface area contributed by atoms with Crippen LogP contribution in [0.3, 0.4) is 0 Å². The highest BCUT2D eigenvalue weighted by Gasteiger charge is 2.18. The third kappa shape index (κ3) is 2.34. The number of ether oxygens (including phenoxy) is 1. The van der Waals surface area contributed by atoms with Crippen LogP contribution < -0.4 is 15.4 Å². The van der Waals surface area contributed by atoms with Gasteiger partial charge < -0.3 is 15.4 Å². The van der Waals surface area contributed by atoms with Gasteiger partial charge in [0.25, 0.3) is 5.91 Å². The third-order valence-corrected chi connectivity index (χ3v) is 4.08. The number of carbonyl (C=O) groups excluding carboxylic acids is 1. The van der Waals surface area contributed by atoms with Crippen LogP contribution in [-0.2, 0) is 4.79 Å². The van der Waals surface area contributed by atoms with Gasteiger partial charge in [0.15, 0.2) is 6.61 Å². The summed E-state index contributed by atoms with van der Waals surface area (Å²) in [6.45, 7) is 0.107. The fourth-order valence-corrected chi connectivity index (χ4v) is 3.20.